The van der Waals surface area contributed by atoms with E-state index < -0.39 is 0 Å². The highest BCUT2D eigenvalue weighted by molar-refractivity contribution is 5.54. The second kappa shape index (κ2) is 2.45. The van der Waals surface area contributed by atoms with Crippen molar-refractivity contribution < 1.29 is 4.79 Å². The van der Waals surface area contributed by atoms with Crippen LogP contribution in [0.25, 0.3) is 0 Å². The first-order chi connectivity index (χ1) is 5.40. The third-order valence-corrected chi connectivity index (χ3v) is 2.07. The van der Waals surface area contributed by atoms with Gasteiger partial charge < -0.3 is 9.36 Å². The molecule has 0 saturated carbocycles. The summed E-state index contributed by atoms with van der Waals surface area (Å²) in [6, 6.07) is 0. The lowest BCUT2D eigenvalue weighted by Gasteiger charge is -2.16. The lowest BCUT2D eigenvalue weighted by Crippen LogP contribution is -2.19. The van der Waals surface area contributed by atoms with Crippen molar-refractivity contribution in [3.63, 3.8) is 0 Å². The molecule has 0 N–H and O–H groups in total. The van der Waals surface area contributed by atoms with Gasteiger partial charge in [-0.05, 0) is 6.42 Å². The van der Waals surface area contributed by atoms with Crippen LogP contribution >= 0.6 is 0 Å². The minimum Gasteiger partial charge on any atom is -0.318 e. The molecule has 4 heteroatoms. The van der Waals surface area contributed by atoms with E-state index in [1.165, 1.54) is 0 Å². The highest BCUT2D eigenvalue weighted by atomic mass is 16.1. The summed E-state index contributed by atoms with van der Waals surface area (Å²) in [6.45, 7) is 0.881. The minimum atomic E-state index is 0.159. The third-order valence-electron chi connectivity index (χ3n) is 2.07. The van der Waals surface area contributed by atoms with Gasteiger partial charge in [0.2, 0.25) is 0 Å². The maximum Gasteiger partial charge on any atom is 0.133 e. The quantitative estimate of drug-likeness (QED) is 0.532. The Kier molecular flexibility index (Phi) is 1.45. The van der Waals surface area contributed by atoms with Crippen LogP contribution < -0.4 is 0 Å². The van der Waals surface area contributed by atoms with Gasteiger partial charge in [-0.25, -0.2) is 0 Å². The average molecular weight is 151 g/mol. The lowest BCUT2D eigenvalue weighted by atomic mass is 10.00. The molecule has 2 rings (SSSR count). The van der Waals surface area contributed by atoms with Gasteiger partial charge in [0.15, 0.2) is 0 Å². The molecule has 0 amide bonds. The van der Waals surface area contributed by atoms with Crippen LogP contribution in [0.4, 0.5) is 0 Å². The fraction of sp³-hybridized carbons (Fsp3) is 0.571. The van der Waals surface area contributed by atoms with Crippen molar-refractivity contribution in [2.24, 2.45) is 5.92 Å². The molecule has 1 atom stereocenters. The molecule has 2 heterocycles. The maximum absolute atomic E-state index is 10.4. The highest BCUT2D eigenvalue weighted by Crippen LogP contribution is 2.15. The van der Waals surface area contributed by atoms with Crippen LogP contribution in [0.15, 0.2) is 6.33 Å². The molecule has 0 spiro atoms. The number of carbonyl (C=O) groups is 1. The van der Waals surface area contributed by atoms with Gasteiger partial charge in [0.05, 0.1) is 0 Å². The Hall–Kier alpha value is -1.19. The van der Waals surface area contributed by atoms with Crippen LogP contribution in [-0.4, -0.2) is 21.1 Å². The van der Waals surface area contributed by atoms with Crippen molar-refractivity contribution in [3.8, 4) is 0 Å². The minimum absolute atomic E-state index is 0.159. The monoisotopic (exact) mass is 151 g/mol. The van der Waals surface area contributed by atoms with E-state index >= 15 is 0 Å². The van der Waals surface area contributed by atoms with Crippen LogP contribution in [0.3, 0.4) is 0 Å². The number of carbonyl (C=O) groups excluding carboxylic acids is 1. The SMILES string of the molecule is O=CC1CCn2cnnc2C1. The third kappa shape index (κ3) is 1.04. The summed E-state index contributed by atoms with van der Waals surface area (Å²) in [5, 5.41) is 7.68. The molecular formula is C7H9N3O. The summed E-state index contributed by atoms with van der Waals surface area (Å²) in [6.07, 6.45) is 4.41. The Morgan fingerprint density at radius 1 is 1.73 bits per heavy atom. The molecule has 0 fully saturated rings. The molecule has 1 aliphatic heterocycles. The first-order valence-electron chi connectivity index (χ1n) is 3.72. The first kappa shape index (κ1) is 6.52. The van der Waals surface area contributed by atoms with Crippen molar-refractivity contribution >= 4 is 6.29 Å². The summed E-state index contributed by atoms with van der Waals surface area (Å²) < 4.78 is 2.00. The summed E-state index contributed by atoms with van der Waals surface area (Å²) >= 11 is 0. The van der Waals surface area contributed by atoms with Crippen LogP contribution in [-0.2, 0) is 17.8 Å². The van der Waals surface area contributed by atoms with E-state index in [0.29, 0.717) is 0 Å². The van der Waals surface area contributed by atoms with Gasteiger partial charge in [-0.15, -0.1) is 10.2 Å². The van der Waals surface area contributed by atoms with E-state index in [-0.39, 0.29) is 5.92 Å². The maximum atomic E-state index is 10.4. The molecule has 1 aromatic heterocycles. The zero-order chi connectivity index (χ0) is 7.68. The molecule has 0 saturated heterocycles. The first-order valence-corrected chi connectivity index (χ1v) is 3.72. The van der Waals surface area contributed by atoms with E-state index in [2.05, 4.69) is 10.2 Å². The van der Waals surface area contributed by atoms with Gasteiger partial charge in [0, 0.05) is 18.9 Å². The van der Waals surface area contributed by atoms with Crippen LogP contribution in [0.2, 0.25) is 0 Å². The Morgan fingerprint density at radius 2 is 2.64 bits per heavy atom. The molecule has 1 aromatic rings. The van der Waals surface area contributed by atoms with Crippen molar-refractivity contribution in [3.05, 3.63) is 12.2 Å². The Balaban J connectivity index is 2.24. The zero-order valence-electron chi connectivity index (χ0n) is 6.10. The molecule has 0 aliphatic carbocycles. The number of rotatable bonds is 1. The molecule has 1 aliphatic rings. The Morgan fingerprint density at radius 3 is 3.45 bits per heavy atom. The van der Waals surface area contributed by atoms with Crippen molar-refractivity contribution in [1.29, 1.82) is 0 Å². The number of aryl methyl sites for hydroxylation is 1. The fourth-order valence-corrected chi connectivity index (χ4v) is 1.38. The standard InChI is InChI=1S/C7H9N3O/c11-4-6-1-2-10-5-8-9-7(10)3-6/h4-6H,1-3H2. The van der Waals surface area contributed by atoms with Crippen molar-refractivity contribution in [1.82, 2.24) is 14.8 Å². The summed E-state index contributed by atoms with van der Waals surface area (Å²) in [4.78, 5) is 10.4. The number of hydrogen-bond acceptors (Lipinski definition) is 3. The lowest BCUT2D eigenvalue weighted by molar-refractivity contribution is -0.111. The largest absolute Gasteiger partial charge is 0.318 e. The van der Waals surface area contributed by atoms with Gasteiger partial charge in [-0.1, -0.05) is 0 Å². The Labute approximate surface area is 64.2 Å². The van der Waals surface area contributed by atoms with Gasteiger partial charge >= 0.3 is 0 Å². The van der Waals surface area contributed by atoms with Crippen LogP contribution in [0.1, 0.15) is 12.2 Å². The number of fused-ring (bicyclic) bond motifs is 1. The van der Waals surface area contributed by atoms with Gasteiger partial charge in [0.25, 0.3) is 0 Å². The second-order valence-electron chi connectivity index (χ2n) is 2.83. The van der Waals surface area contributed by atoms with E-state index in [9.17, 15) is 4.79 Å². The van der Waals surface area contributed by atoms with E-state index in [1.807, 2.05) is 4.57 Å². The van der Waals surface area contributed by atoms with E-state index in [4.69, 9.17) is 0 Å². The van der Waals surface area contributed by atoms with E-state index in [1.54, 1.807) is 6.33 Å². The number of aromatic nitrogens is 3. The fourth-order valence-electron chi connectivity index (χ4n) is 1.38. The second-order valence-corrected chi connectivity index (χ2v) is 2.83. The summed E-state index contributed by atoms with van der Waals surface area (Å²) in [5.74, 6) is 1.10. The van der Waals surface area contributed by atoms with Gasteiger partial charge in [-0.3, -0.25) is 0 Å². The average Bonchev–Trinajstić information content (AvgIpc) is 2.50. The van der Waals surface area contributed by atoms with Gasteiger partial charge in [0.1, 0.15) is 18.4 Å². The highest BCUT2D eigenvalue weighted by Gasteiger charge is 2.18. The molecule has 0 radical (unpaired) electrons. The van der Waals surface area contributed by atoms with E-state index in [0.717, 1.165) is 31.5 Å². The molecule has 0 aromatic carbocycles. The zero-order valence-corrected chi connectivity index (χ0v) is 6.10. The molecular weight excluding hydrogens is 142 g/mol. The van der Waals surface area contributed by atoms with Crippen molar-refractivity contribution in [2.75, 3.05) is 0 Å². The smallest absolute Gasteiger partial charge is 0.133 e. The van der Waals surface area contributed by atoms with Crippen molar-refractivity contribution in [2.45, 2.75) is 19.4 Å². The normalized spacial score (nSPS) is 22.7. The van der Waals surface area contributed by atoms with Gasteiger partial charge in [-0.2, -0.15) is 0 Å². The molecule has 0 bridgehead atoms. The topological polar surface area (TPSA) is 47.8 Å². The summed E-state index contributed by atoms with van der Waals surface area (Å²) in [5.41, 5.74) is 0. The number of aldehydes is 1. The molecule has 4 nitrogen and oxygen atoms in total. The molecule has 1 unspecified atom stereocenters. The number of nitrogens with zero attached hydrogens (tertiary/aromatic N) is 3. The van der Waals surface area contributed by atoms with Crippen LogP contribution in [0.5, 0.6) is 0 Å². The predicted molar refractivity (Wildman–Crippen MR) is 37.9 cm³/mol. The predicted octanol–water partition coefficient (Wildman–Crippen LogP) is 0.0394. The molecule has 11 heavy (non-hydrogen) atoms. The van der Waals surface area contributed by atoms with Crippen LogP contribution in [0, 0.1) is 5.92 Å². The molecule has 58 valence electrons. The number of hydrogen-bond donors (Lipinski definition) is 0. The summed E-state index contributed by atoms with van der Waals surface area (Å²) in [7, 11) is 0. The Bertz CT molecular complexity index is 268.